The largest absolute Gasteiger partial charge is 0.489 e. The number of halogens is 1. The first-order chi connectivity index (χ1) is 12.0. The van der Waals surface area contributed by atoms with Gasteiger partial charge < -0.3 is 10.1 Å². The van der Waals surface area contributed by atoms with Crippen LogP contribution >= 0.6 is 11.6 Å². The van der Waals surface area contributed by atoms with Gasteiger partial charge in [0, 0.05) is 23.8 Å². The summed E-state index contributed by atoms with van der Waals surface area (Å²) in [5.41, 5.74) is 3.03. The lowest BCUT2D eigenvalue weighted by atomic mass is 10.1. The maximum absolute atomic E-state index is 12.3. The summed E-state index contributed by atoms with van der Waals surface area (Å²) in [6.07, 6.45) is 1.78. The van der Waals surface area contributed by atoms with Crippen molar-refractivity contribution in [2.75, 3.05) is 5.32 Å². The molecule has 0 aliphatic heterocycles. The maximum atomic E-state index is 12.3. The van der Waals surface area contributed by atoms with Crippen LogP contribution in [0, 0.1) is 6.92 Å². The van der Waals surface area contributed by atoms with Crippen LogP contribution in [-0.4, -0.2) is 15.7 Å². The molecule has 1 heterocycles. The second kappa shape index (κ2) is 7.40. The highest BCUT2D eigenvalue weighted by Gasteiger charge is 2.10. The first-order valence-electron chi connectivity index (χ1n) is 7.80. The first kappa shape index (κ1) is 17.0. The van der Waals surface area contributed by atoms with Gasteiger partial charge in [-0.05, 0) is 42.8 Å². The molecule has 0 atom stereocenters. The lowest BCUT2D eigenvalue weighted by Gasteiger charge is -2.08. The van der Waals surface area contributed by atoms with Crippen molar-refractivity contribution in [3.63, 3.8) is 0 Å². The van der Waals surface area contributed by atoms with Gasteiger partial charge in [0.2, 0.25) is 0 Å². The van der Waals surface area contributed by atoms with E-state index in [0.29, 0.717) is 28.6 Å². The van der Waals surface area contributed by atoms with E-state index in [1.165, 1.54) is 0 Å². The van der Waals surface area contributed by atoms with Gasteiger partial charge in [0.1, 0.15) is 12.4 Å². The number of carbonyl (C=O) groups excluding carboxylic acids is 1. The molecular formula is C19H18ClN3O2. The Morgan fingerprint density at radius 1 is 1.24 bits per heavy atom. The van der Waals surface area contributed by atoms with Crippen molar-refractivity contribution in [2.45, 2.75) is 13.5 Å². The average molecular weight is 356 g/mol. The number of aryl methyl sites for hydroxylation is 2. The predicted octanol–water partition coefficient (Wildman–Crippen LogP) is 4.21. The molecule has 3 aromatic rings. The van der Waals surface area contributed by atoms with Crippen LogP contribution in [0.15, 0.2) is 54.7 Å². The Hall–Kier alpha value is -2.79. The van der Waals surface area contributed by atoms with Gasteiger partial charge in [-0.2, -0.15) is 5.10 Å². The molecule has 0 aliphatic carbocycles. The van der Waals surface area contributed by atoms with Crippen LogP contribution in [0.5, 0.6) is 5.75 Å². The quantitative estimate of drug-likeness (QED) is 0.745. The van der Waals surface area contributed by atoms with Gasteiger partial charge >= 0.3 is 0 Å². The number of benzene rings is 2. The molecule has 0 bridgehead atoms. The van der Waals surface area contributed by atoms with Crippen LogP contribution in [0.2, 0.25) is 5.02 Å². The fourth-order valence-electron chi connectivity index (χ4n) is 2.39. The fourth-order valence-corrected chi connectivity index (χ4v) is 2.57. The highest BCUT2D eigenvalue weighted by atomic mass is 35.5. The van der Waals surface area contributed by atoms with E-state index in [1.807, 2.05) is 38.2 Å². The van der Waals surface area contributed by atoms with E-state index in [1.54, 1.807) is 35.1 Å². The number of hydrogen-bond donors (Lipinski definition) is 1. The van der Waals surface area contributed by atoms with Crippen LogP contribution in [-0.2, 0) is 13.7 Å². The molecule has 0 spiro atoms. The number of nitrogens with one attached hydrogen (secondary N) is 1. The molecule has 5 nitrogen and oxygen atoms in total. The van der Waals surface area contributed by atoms with Crippen LogP contribution < -0.4 is 10.1 Å². The Bertz CT molecular complexity index is 888. The van der Waals surface area contributed by atoms with Crippen molar-refractivity contribution in [1.29, 1.82) is 0 Å². The van der Waals surface area contributed by atoms with E-state index in [4.69, 9.17) is 16.3 Å². The predicted molar refractivity (Wildman–Crippen MR) is 98.1 cm³/mol. The molecule has 6 heteroatoms. The highest BCUT2D eigenvalue weighted by Crippen LogP contribution is 2.19. The number of anilines is 1. The van der Waals surface area contributed by atoms with E-state index in [2.05, 4.69) is 10.4 Å². The number of amides is 1. The molecule has 2 aromatic carbocycles. The summed E-state index contributed by atoms with van der Waals surface area (Å²) in [4.78, 5) is 12.3. The minimum atomic E-state index is -0.168. The average Bonchev–Trinajstić information content (AvgIpc) is 2.91. The molecule has 0 aliphatic rings. The molecule has 1 aromatic heterocycles. The van der Waals surface area contributed by atoms with Crippen molar-refractivity contribution in [2.24, 2.45) is 7.05 Å². The molecule has 25 heavy (non-hydrogen) atoms. The Kier molecular flexibility index (Phi) is 5.05. The zero-order valence-electron chi connectivity index (χ0n) is 14.0. The lowest BCUT2D eigenvalue weighted by molar-refractivity contribution is 0.102. The molecule has 128 valence electrons. The zero-order valence-corrected chi connectivity index (χ0v) is 14.7. The number of ether oxygens (including phenoxy) is 1. The number of nitrogens with zero attached hydrogens (tertiary/aromatic N) is 2. The Morgan fingerprint density at radius 3 is 2.64 bits per heavy atom. The molecule has 1 N–H and O–H groups in total. The van der Waals surface area contributed by atoms with Crippen LogP contribution in [0.1, 0.15) is 21.6 Å². The molecule has 0 saturated carbocycles. The molecule has 1 amide bonds. The summed E-state index contributed by atoms with van der Waals surface area (Å²) in [5, 5.41) is 7.70. The monoisotopic (exact) mass is 355 g/mol. The van der Waals surface area contributed by atoms with E-state index in [9.17, 15) is 4.79 Å². The third-order valence-corrected chi connectivity index (χ3v) is 3.91. The Labute approximate surface area is 151 Å². The standard InChI is InChI=1S/C19H18ClN3O2/c1-13-18(11-23(2)22-13)21-19(24)15-8-6-14(7-9-15)12-25-17-5-3-4-16(20)10-17/h3-11H,12H2,1-2H3,(H,21,24). The normalized spacial score (nSPS) is 10.5. The number of hydrogen-bond acceptors (Lipinski definition) is 3. The van der Waals surface area contributed by atoms with Crippen LogP contribution in [0.4, 0.5) is 5.69 Å². The maximum Gasteiger partial charge on any atom is 0.255 e. The van der Waals surface area contributed by atoms with Crippen molar-refractivity contribution >= 4 is 23.2 Å². The van der Waals surface area contributed by atoms with E-state index < -0.39 is 0 Å². The Morgan fingerprint density at radius 2 is 2.00 bits per heavy atom. The smallest absolute Gasteiger partial charge is 0.255 e. The van der Waals surface area contributed by atoms with Crippen molar-refractivity contribution in [3.8, 4) is 5.75 Å². The molecular weight excluding hydrogens is 338 g/mol. The summed E-state index contributed by atoms with van der Waals surface area (Å²) < 4.78 is 7.36. The molecule has 0 saturated heterocycles. The van der Waals surface area contributed by atoms with Gasteiger partial charge in [-0.15, -0.1) is 0 Å². The van der Waals surface area contributed by atoms with Gasteiger partial charge in [-0.3, -0.25) is 9.48 Å². The lowest BCUT2D eigenvalue weighted by Crippen LogP contribution is -2.12. The summed E-state index contributed by atoms with van der Waals surface area (Å²) >= 11 is 5.93. The summed E-state index contributed by atoms with van der Waals surface area (Å²) in [7, 11) is 1.82. The number of aromatic nitrogens is 2. The van der Waals surface area contributed by atoms with Crippen LogP contribution in [0.25, 0.3) is 0 Å². The van der Waals surface area contributed by atoms with Crippen molar-refractivity contribution in [1.82, 2.24) is 9.78 Å². The van der Waals surface area contributed by atoms with Crippen LogP contribution in [0.3, 0.4) is 0 Å². The zero-order chi connectivity index (χ0) is 17.8. The van der Waals surface area contributed by atoms with Gasteiger partial charge in [0.05, 0.1) is 11.4 Å². The number of rotatable bonds is 5. The third kappa shape index (κ3) is 4.39. The molecule has 0 radical (unpaired) electrons. The van der Waals surface area contributed by atoms with Gasteiger partial charge in [-0.25, -0.2) is 0 Å². The summed E-state index contributed by atoms with van der Waals surface area (Å²) in [6.45, 7) is 2.26. The Balaban J connectivity index is 1.61. The molecule has 0 unspecified atom stereocenters. The SMILES string of the molecule is Cc1nn(C)cc1NC(=O)c1ccc(COc2cccc(Cl)c2)cc1. The van der Waals surface area contributed by atoms with Gasteiger partial charge in [0.25, 0.3) is 5.91 Å². The van der Waals surface area contributed by atoms with E-state index >= 15 is 0 Å². The fraction of sp³-hybridized carbons (Fsp3) is 0.158. The molecule has 3 rings (SSSR count). The van der Waals surface area contributed by atoms with Crippen molar-refractivity contribution < 1.29 is 9.53 Å². The number of carbonyl (C=O) groups is 1. The van der Waals surface area contributed by atoms with Gasteiger partial charge in [-0.1, -0.05) is 29.8 Å². The second-order valence-corrected chi connectivity index (χ2v) is 6.14. The molecule has 0 fully saturated rings. The minimum Gasteiger partial charge on any atom is -0.489 e. The van der Waals surface area contributed by atoms with Gasteiger partial charge in [0.15, 0.2) is 0 Å². The second-order valence-electron chi connectivity index (χ2n) is 5.70. The van der Waals surface area contributed by atoms with E-state index in [0.717, 1.165) is 11.3 Å². The minimum absolute atomic E-state index is 0.168. The highest BCUT2D eigenvalue weighted by molar-refractivity contribution is 6.30. The van der Waals surface area contributed by atoms with E-state index in [-0.39, 0.29) is 5.91 Å². The summed E-state index contributed by atoms with van der Waals surface area (Å²) in [6, 6.07) is 14.5. The topological polar surface area (TPSA) is 56.2 Å². The van der Waals surface area contributed by atoms with Crippen molar-refractivity contribution in [3.05, 3.63) is 76.6 Å². The summed E-state index contributed by atoms with van der Waals surface area (Å²) in [5.74, 6) is 0.541. The third-order valence-electron chi connectivity index (χ3n) is 3.68. The first-order valence-corrected chi connectivity index (χ1v) is 8.18.